The zero-order valence-corrected chi connectivity index (χ0v) is 10.1. The Morgan fingerprint density at radius 1 is 1.40 bits per heavy atom. The lowest BCUT2D eigenvalue weighted by Gasteiger charge is -2.25. The summed E-state index contributed by atoms with van der Waals surface area (Å²) in [6.45, 7) is 8.62. The summed E-state index contributed by atoms with van der Waals surface area (Å²) in [4.78, 5) is 11.7. The highest BCUT2D eigenvalue weighted by Crippen LogP contribution is 2.22. The quantitative estimate of drug-likeness (QED) is 0.726. The van der Waals surface area contributed by atoms with Gasteiger partial charge in [-0.3, -0.25) is 4.79 Å². The lowest BCUT2D eigenvalue weighted by Crippen LogP contribution is -2.33. The Balaban J connectivity index is 2.26. The van der Waals surface area contributed by atoms with Crippen LogP contribution in [-0.4, -0.2) is 25.7 Å². The average molecular weight is 213 g/mol. The first kappa shape index (κ1) is 12.5. The van der Waals surface area contributed by atoms with E-state index in [1.165, 1.54) is 0 Å². The standard InChI is InChI=1S/C12H23NO2/c1-4-12(2,3)11(14)15-9-10-5-7-13-8-6-10/h10,13H,4-9H2,1-3H3. The molecule has 0 radical (unpaired) electrons. The molecule has 0 aromatic rings. The third-order valence-electron chi connectivity index (χ3n) is 3.35. The van der Waals surface area contributed by atoms with Crippen molar-refractivity contribution < 1.29 is 9.53 Å². The summed E-state index contributed by atoms with van der Waals surface area (Å²) >= 11 is 0. The maximum atomic E-state index is 11.7. The van der Waals surface area contributed by atoms with Crippen molar-refractivity contribution in [2.45, 2.75) is 40.0 Å². The van der Waals surface area contributed by atoms with Crippen molar-refractivity contribution in [3.8, 4) is 0 Å². The zero-order chi connectivity index (χ0) is 11.3. The molecule has 1 aliphatic rings. The lowest BCUT2D eigenvalue weighted by molar-refractivity contribution is -0.155. The summed E-state index contributed by atoms with van der Waals surface area (Å²) in [5.74, 6) is 0.506. The van der Waals surface area contributed by atoms with Gasteiger partial charge in [0.15, 0.2) is 0 Å². The van der Waals surface area contributed by atoms with Gasteiger partial charge in [-0.1, -0.05) is 6.92 Å². The molecule has 0 spiro atoms. The largest absolute Gasteiger partial charge is 0.465 e. The maximum absolute atomic E-state index is 11.7. The number of esters is 1. The normalized spacial score (nSPS) is 18.9. The molecular weight excluding hydrogens is 190 g/mol. The topological polar surface area (TPSA) is 38.3 Å². The minimum atomic E-state index is -0.326. The van der Waals surface area contributed by atoms with Crippen LogP contribution in [0.15, 0.2) is 0 Å². The number of carbonyl (C=O) groups is 1. The van der Waals surface area contributed by atoms with Gasteiger partial charge in [-0.25, -0.2) is 0 Å². The van der Waals surface area contributed by atoms with Gasteiger partial charge in [-0.2, -0.15) is 0 Å². The molecule has 88 valence electrons. The lowest BCUT2D eigenvalue weighted by atomic mass is 9.90. The summed E-state index contributed by atoms with van der Waals surface area (Å²) < 4.78 is 5.37. The van der Waals surface area contributed by atoms with Crippen LogP contribution in [0, 0.1) is 11.3 Å². The van der Waals surface area contributed by atoms with Gasteiger partial charge in [0, 0.05) is 0 Å². The van der Waals surface area contributed by atoms with Gasteiger partial charge >= 0.3 is 5.97 Å². The third-order valence-corrected chi connectivity index (χ3v) is 3.35. The van der Waals surface area contributed by atoms with Gasteiger partial charge in [0.1, 0.15) is 0 Å². The van der Waals surface area contributed by atoms with Crippen LogP contribution >= 0.6 is 0 Å². The zero-order valence-electron chi connectivity index (χ0n) is 10.1. The van der Waals surface area contributed by atoms with Gasteiger partial charge in [0.2, 0.25) is 0 Å². The van der Waals surface area contributed by atoms with Crippen LogP contribution in [0.5, 0.6) is 0 Å². The summed E-state index contributed by atoms with van der Waals surface area (Å²) in [5, 5.41) is 3.30. The second-order valence-corrected chi connectivity index (χ2v) is 5.03. The first-order valence-corrected chi connectivity index (χ1v) is 5.94. The van der Waals surface area contributed by atoms with Crippen molar-refractivity contribution in [2.75, 3.05) is 19.7 Å². The van der Waals surface area contributed by atoms with Crippen LogP contribution in [0.4, 0.5) is 0 Å². The molecule has 1 saturated heterocycles. The van der Waals surface area contributed by atoms with E-state index in [0.717, 1.165) is 32.4 Å². The first-order chi connectivity index (χ1) is 7.06. The molecular formula is C12H23NO2. The predicted molar refractivity (Wildman–Crippen MR) is 60.6 cm³/mol. The highest BCUT2D eigenvalue weighted by molar-refractivity contribution is 5.75. The molecule has 1 N–H and O–H groups in total. The smallest absolute Gasteiger partial charge is 0.311 e. The Morgan fingerprint density at radius 3 is 2.53 bits per heavy atom. The van der Waals surface area contributed by atoms with Crippen LogP contribution in [-0.2, 0) is 9.53 Å². The van der Waals surface area contributed by atoms with Crippen LogP contribution in [0.2, 0.25) is 0 Å². The van der Waals surface area contributed by atoms with Crippen LogP contribution in [0.1, 0.15) is 40.0 Å². The van der Waals surface area contributed by atoms with E-state index in [1.807, 2.05) is 20.8 Å². The van der Waals surface area contributed by atoms with Crippen molar-refractivity contribution in [3.05, 3.63) is 0 Å². The van der Waals surface area contributed by atoms with E-state index in [2.05, 4.69) is 5.32 Å². The number of nitrogens with one attached hydrogen (secondary N) is 1. The highest BCUT2D eigenvalue weighted by Gasteiger charge is 2.27. The van der Waals surface area contributed by atoms with E-state index in [4.69, 9.17) is 4.74 Å². The van der Waals surface area contributed by atoms with Crippen LogP contribution < -0.4 is 5.32 Å². The van der Waals surface area contributed by atoms with E-state index >= 15 is 0 Å². The Bertz CT molecular complexity index is 208. The van der Waals surface area contributed by atoms with Gasteiger partial charge in [0.05, 0.1) is 12.0 Å². The molecule has 1 fully saturated rings. The molecule has 0 saturated carbocycles. The van der Waals surface area contributed by atoms with E-state index in [9.17, 15) is 4.79 Å². The Labute approximate surface area is 92.6 Å². The summed E-state index contributed by atoms with van der Waals surface area (Å²) in [5.41, 5.74) is -0.326. The van der Waals surface area contributed by atoms with Crippen molar-refractivity contribution >= 4 is 5.97 Å². The molecule has 0 amide bonds. The minimum absolute atomic E-state index is 0.0523. The van der Waals surface area contributed by atoms with Gasteiger partial charge in [-0.15, -0.1) is 0 Å². The number of piperidine rings is 1. The van der Waals surface area contributed by atoms with E-state index < -0.39 is 0 Å². The number of hydrogen-bond acceptors (Lipinski definition) is 3. The second kappa shape index (κ2) is 5.50. The Morgan fingerprint density at radius 2 is 2.00 bits per heavy atom. The minimum Gasteiger partial charge on any atom is -0.465 e. The van der Waals surface area contributed by atoms with E-state index in [1.54, 1.807) is 0 Å². The first-order valence-electron chi connectivity index (χ1n) is 5.94. The Kier molecular flexibility index (Phi) is 4.58. The molecule has 3 nitrogen and oxygen atoms in total. The third kappa shape index (κ3) is 3.82. The molecule has 0 unspecified atom stereocenters. The Hall–Kier alpha value is -0.570. The molecule has 0 atom stereocenters. The summed E-state index contributed by atoms with van der Waals surface area (Å²) in [6, 6.07) is 0. The van der Waals surface area contributed by atoms with Crippen molar-refractivity contribution in [2.24, 2.45) is 11.3 Å². The molecule has 0 aromatic carbocycles. The molecule has 0 aliphatic carbocycles. The fourth-order valence-corrected chi connectivity index (χ4v) is 1.58. The van der Waals surface area contributed by atoms with Crippen molar-refractivity contribution in [3.63, 3.8) is 0 Å². The van der Waals surface area contributed by atoms with Crippen LogP contribution in [0.25, 0.3) is 0 Å². The number of rotatable bonds is 4. The molecule has 1 aliphatic heterocycles. The molecule has 1 rings (SSSR count). The average Bonchev–Trinajstić information content (AvgIpc) is 2.27. The number of hydrogen-bond donors (Lipinski definition) is 1. The highest BCUT2D eigenvalue weighted by atomic mass is 16.5. The van der Waals surface area contributed by atoms with E-state index in [-0.39, 0.29) is 11.4 Å². The van der Waals surface area contributed by atoms with Crippen LogP contribution in [0.3, 0.4) is 0 Å². The predicted octanol–water partition coefficient (Wildman–Crippen LogP) is 1.97. The molecule has 15 heavy (non-hydrogen) atoms. The van der Waals surface area contributed by atoms with Crippen molar-refractivity contribution in [1.82, 2.24) is 5.32 Å². The monoisotopic (exact) mass is 213 g/mol. The fraction of sp³-hybridized carbons (Fsp3) is 0.917. The second-order valence-electron chi connectivity index (χ2n) is 5.03. The fourth-order valence-electron chi connectivity index (χ4n) is 1.58. The molecule has 3 heteroatoms. The molecule has 0 aromatic heterocycles. The number of carbonyl (C=O) groups excluding carboxylic acids is 1. The molecule has 0 bridgehead atoms. The van der Waals surface area contributed by atoms with E-state index in [0.29, 0.717) is 12.5 Å². The summed E-state index contributed by atoms with van der Waals surface area (Å²) in [6.07, 6.45) is 3.08. The van der Waals surface area contributed by atoms with Gasteiger partial charge < -0.3 is 10.1 Å². The van der Waals surface area contributed by atoms with Gasteiger partial charge in [-0.05, 0) is 52.1 Å². The molecule has 1 heterocycles. The van der Waals surface area contributed by atoms with Crippen molar-refractivity contribution in [1.29, 1.82) is 0 Å². The maximum Gasteiger partial charge on any atom is 0.311 e. The number of ether oxygens (including phenoxy) is 1. The SMILES string of the molecule is CCC(C)(C)C(=O)OCC1CCNCC1. The summed E-state index contributed by atoms with van der Waals surface area (Å²) in [7, 11) is 0. The van der Waals surface area contributed by atoms with Gasteiger partial charge in [0.25, 0.3) is 0 Å².